The van der Waals surface area contributed by atoms with Crippen molar-refractivity contribution in [3.8, 4) is 11.8 Å². The Labute approximate surface area is 76.4 Å². The summed E-state index contributed by atoms with van der Waals surface area (Å²) in [6.07, 6.45) is 0.226. The molecule has 0 aliphatic heterocycles. The second-order valence-corrected chi connectivity index (χ2v) is 2.79. The zero-order valence-electron chi connectivity index (χ0n) is 7.07. The van der Waals surface area contributed by atoms with Crippen molar-refractivity contribution in [2.24, 2.45) is 5.73 Å². The quantitative estimate of drug-likeness (QED) is 0.461. The number of phenols is 1. The summed E-state index contributed by atoms with van der Waals surface area (Å²) in [5, 5.41) is 17.7. The lowest BCUT2D eigenvalue weighted by atomic mass is 10.0. The lowest BCUT2D eigenvalue weighted by molar-refractivity contribution is 0.476. The number of nitrogens with two attached hydrogens (primary N) is 2. The fourth-order valence-electron chi connectivity index (χ4n) is 1.01. The summed E-state index contributed by atoms with van der Waals surface area (Å²) in [6, 6.07) is 6.36. The van der Waals surface area contributed by atoms with Gasteiger partial charge in [-0.05, 0) is 17.7 Å². The van der Waals surface area contributed by atoms with E-state index in [0.29, 0.717) is 11.3 Å². The van der Waals surface area contributed by atoms with Crippen LogP contribution < -0.4 is 11.5 Å². The number of nitrogen functional groups attached to an aromatic ring is 1. The highest BCUT2D eigenvalue weighted by Gasteiger charge is 2.06. The van der Waals surface area contributed by atoms with Gasteiger partial charge in [0, 0.05) is 6.04 Å². The van der Waals surface area contributed by atoms with Gasteiger partial charge < -0.3 is 16.6 Å². The molecule has 1 unspecified atom stereocenters. The normalized spacial score (nSPS) is 12.0. The molecule has 0 spiro atoms. The maximum absolute atomic E-state index is 9.25. The zero-order valence-corrected chi connectivity index (χ0v) is 7.07. The van der Waals surface area contributed by atoms with Crippen LogP contribution in [0, 0.1) is 11.3 Å². The largest absolute Gasteiger partial charge is 0.506 e. The summed E-state index contributed by atoms with van der Waals surface area (Å²) >= 11 is 0. The van der Waals surface area contributed by atoms with Crippen LogP contribution in [0.5, 0.6) is 5.75 Å². The molecule has 1 rings (SSSR count). The van der Waals surface area contributed by atoms with Crippen molar-refractivity contribution in [1.29, 1.82) is 5.26 Å². The van der Waals surface area contributed by atoms with Gasteiger partial charge in [-0.1, -0.05) is 6.07 Å². The molecule has 0 fully saturated rings. The van der Waals surface area contributed by atoms with E-state index in [4.69, 9.17) is 16.7 Å². The number of nitriles is 1. The maximum atomic E-state index is 9.25. The van der Waals surface area contributed by atoms with Crippen LogP contribution in [0.15, 0.2) is 18.2 Å². The maximum Gasteiger partial charge on any atom is 0.138 e. The average molecular weight is 177 g/mol. The molecule has 13 heavy (non-hydrogen) atoms. The number of benzene rings is 1. The van der Waals surface area contributed by atoms with E-state index in [1.807, 2.05) is 6.07 Å². The lowest BCUT2D eigenvalue weighted by Gasteiger charge is -2.08. The Kier molecular flexibility index (Phi) is 2.72. The van der Waals surface area contributed by atoms with E-state index in [1.54, 1.807) is 12.1 Å². The standard InChI is InChI=1S/C9H11N3O/c10-4-3-7(11)6-1-2-8(12)9(13)5-6/h1-2,5,7,13H,3,11-12H2. The Morgan fingerprint density at radius 1 is 1.54 bits per heavy atom. The van der Waals surface area contributed by atoms with Gasteiger partial charge in [-0.25, -0.2) is 0 Å². The minimum Gasteiger partial charge on any atom is -0.506 e. The molecule has 1 atom stereocenters. The van der Waals surface area contributed by atoms with Crippen molar-refractivity contribution in [2.45, 2.75) is 12.5 Å². The third kappa shape index (κ3) is 2.10. The van der Waals surface area contributed by atoms with Crippen molar-refractivity contribution in [3.63, 3.8) is 0 Å². The summed E-state index contributed by atoms with van der Waals surface area (Å²) in [6.45, 7) is 0. The second kappa shape index (κ2) is 3.78. The molecule has 5 N–H and O–H groups in total. The summed E-state index contributed by atoms with van der Waals surface area (Å²) in [4.78, 5) is 0. The number of phenolic OH excluding ortho intramolecular Hbond substituents is 1. The molecule has 0 radical (unpaired) electrons. The summed E-state index contributed by atoms with van der Waals surface area (Å²) < 4.78 is 0. The number of nitrogens with zero attached hydrogens (tertiary/aromatic N) is 1. The summed E-state index contributed by atoms with van der Waals surface area (Å²) in [5.41, 5.74) is 12.1. The summed E-state index contributed by atoms with van der Waals surface area (Å²) in [5.74, 6) is 0.00545. The molecule has 0 heterocycles. The molecule has 0 aliphatic rings. The molecule has 0 saturated heterocycles. The molecule has 0 amide bonds. The third-order valence-corrected chi connectivity index (χ3v) is 1.79. The third-order valence-electron chi connectivity index (χ3n) is 1.79. The number of rotatable bonds is 2. The van der Waals surface area contributed by atoms with Crippen LogP contribution in [0.2, 0.25) is 0 Å². The highest BCUT2D eigenvalue weighted by Crippen LogP contribution is 2.24. The lowest BCUT2D eigenvalue weighted by Crippen LogP contribution is -2.09. The Bertz CT molecular complexity index is 343. The van der Waals surface area contributed by atoms with Crippen molar-refractivity contribution < 1.29 is 5.11 Å². The molecular formula is C9H11N3O. The highest BCUT2D eigenvalue weighted by atomic mass is 16.3. The first kappa shape index (κ1) is 9.36. The van der Waals surface area contributed by atoms with Gasteiger partial charge in [-0.15, -0.1) is 0 Å². The molecule has 0 aliphatic carbocycles. The minimum atomic E-state index is -0.364. The van der Waals surface area contributed by atoms with Gasteiger partial charge in [0.15, 0.2) is 0 Å². The number of hydrogen-bond acceptors (Lipinski definition) is 4. The van der Waals surface area contributed by atoms with Gasteiger partial charge in [0.1, 0.15) is 5.75 Å². The monoisotopic (exact) mass is 177 g/mol. The van der Waals surface area contributed by atoms with Crippen molar-refractivity contribution in [1.82, 2.24) is 0 Å². The van der Waals surface area contributed by atoms with E-state index >= 15 is 0 Å². The van der Waals surface area contributed by atoms with Gasteiger partial charge >= 0.3 is 0 Å². The predicted molar refractivity (Wildman–Crippen MR) is 49.7 cm³/mol. The molecule has 68 valence electrons. The Morgan fingerprint density at radius 3 is 2.77 bits per heavy atom. The molecule has 4 heteroatoms. The molecule has 4 nitrogen and oxygen atoms in total. The Hall–Kier alpha value is -1.73. The smallest absolute Gasteiger partial charge is 0.138 e. The highest BCUT2D eigenvalue weighted by molar-refractivity contribution is 5.53. The van der Waals surface area contributed by atoms with E-state index in [9.17, 15) is 5.11 Å². The molecule has 0 saturated carbocycles. The minimum absolute atomic E-state index is 0.00545. The zero-order chi connectivity index (χ0) is 9.84. The van der Waals surface area contributed by atoms with Crippen molar-refractivity contribution in [3.05, 3.63) is 23.8 Å². The molecule has 0 aromatic heterocycles. The SMILES string of the molecule is N#CCC(N)c1ccc(N)c(O)c1. The van der Waals surface area contributed by atoms with Crippen LogP contribution in [-0.4, -0.2) is 5.11 Å². The topological polar surface area (TPSA) is 96.1 Å². The van der Waals surface area contributed by atoms with Gasteiger partial charge in [0.05, 0.1) is 18.2 Å². The average Bonchev–Trinajstić information content (AvgIpc) is 2.10. The molecule has 1 aromatic rings. The van der Waals surface area contributed by atoms with Crippen LogP contribution in [0.25, 0.3) is 0 Å². The van der Waals surface area contributed by atoms with Crippen LogP contribution in [0.1, 0.15) is 18.0 Å². The van der Waals surface area contributed by atoms with E-state index in [-0.39, 0.29) is 18.2 Å². The van der Waals surface area contributed by atoms with Gasteiger partial charge in [0.2, 0.25) is 0 Å². The van der Waals surface area contributed by atoms with Gasteiger partial charge in [-0.3, -0.25) is 0 Å². The fourth-order valence-corrected chi connectivity index (χ4v) is 1.01. The number of anilines is 1. The number of hydrogen-bond donors (Lipinski definition) is 3. The van der Waals surface area contributed by atoms with E-state index in [0.717, 1.165) is 0 Å². The van der Waals surface area contributed by atoms with E-state index in [1.165, 1.54) is 6.07 Å². The summed E-state index contributed by atoms with van der Waals surface area (Å²) in [7, 11) is 0. The first-order valence-electron chi connectivity index (χ1n) is 3.86. The van der Waals surface area contributed by atoms with Crippen LogP contribution in [0.3, 0.4) is 0 Å². The van der Waals surface area contributed by atoms with Gasteiger partial charge in [-0.2, -0.15) is 5.26 Å². The molecule has 0 bridgehead atoms. The first-order valence-corrected chi connectivity index (χ1v) is 3.86. The van der Waals surface area contributed by atoms with Crippen LogP contribution in [-0.2, 0) is 0 Å². The molecular weight excluding hydrogens is 166 g/mol. The Morgan fingerprint density at radius 2 is 2.23 bits per heavy atom. The van der Waals surface area contributed by atoms with Gasteiger partial charge in [0.25, 0.3) is 0 Å². The van der Waals surface area contributed by atoms with Crippen LogP contribution in [0.4, 0.5) is 5.69 Å². The first-order chi connectivity index (χ1) is 6.15. The molecule has 1 aromatic carbocycles. The second-order valence-electron chi connectivity index (χ2n) is 2.79. The Balaban J connectivity index is 2.91. The van der Waals surface area contributed by atoms with E-state index in [2.05, 4.69) is 0 Å². The van der Waals surface area contributed by atoms with Crippen molar-refractivity contribution >= 4 is 5.69 Å². The van der Waals surface area contributed by atoms with E-state index < -0.39 is 0 Å². The van der Waals surface area contributed by atoms with Crippen LogP contribution >= 0.6 is 0 Å². The fraction of sp³-hybridized carbons (Fsp3) is 0.222. The number of aromatic hydroxyl groups is 1. The van der Waals surface area contributed by atoms with Crippen molar-refractivity contribution in [2.75, 3.05) is 5.73 Å². The predicted octanol–water partition coefficient (Wildman–Crippen LogP) is 0.888.